The first-order valence-electron chi connectivity index (χ1n) is 8.20. The smallest absolute Gasteiger partial charge is 0.433 e. The fourth-order valence-electron chi connectivity index (χ4n) is 2.84. The number of likely N-dealkylation sites (tertiary alicyclic amines) is 1. The number of aromatic nitrogens is 2. The average Bonchev–Trinajstić information content (AvgIpc) is 2.55. The molecule has 0 N–H and O–H groups in total. The third kappa shape index (κ3) is 4.58. The van der Waals surface area contributed by atoms with E-state index < -0.39 is 11.9 Å². The number of hydrogen-bond donors (Lipinski definition) is 0. The second-order valence-electron chi connectivity index (χ2n) is 5.90. The molecule has 2 heterocycles. The van der Waals surface area contributed by atoms with Crippen LogP contribution in [0.15, 0.2) is 12.3 Å². The SMILES string of the molecule is CCC(CC)C(=O)N1CCCC(Oc2nccc(C(F)(F)F)n2)C1. The van der Waals surface area contributed by atoms with Crippen LogP contribution in [0.3, 0.4) is 0 Å². The summed E-state index contributed by atoms with van der Waals surface area (Å²) in [7, 11) is 0. The van der Waals surface area contributed by atoms with E-state index >= 15 is 0 Å². The van der Waals surface area contributed by atoms with E-state index in [1.807, 2.05) is 13.8 Å². The molecule has 1 aromatic heterocycles. The van der Waals surface area contributed by atoms with Crippen LogP contribution in [-0.4, -0.2) is 40.0 Å². The summed E-state index contributed by atoms with van der Waals surface area (Å²) >= 11 is 0. The molecule has 0 saturated carbocycles. The van der Waals surface area contributed by atoms with Crippen molar-refractivity contribution in [1.82, 2.24) is 14.9 Å². The molecular formula is C16H22F3N3O2. The van der Waals surface area contributed by atoms with E-state index in [2.05, 4.69) is 9.97 Å². The Bertz CT molecular complexity index is 562. The number of amides is 1. The van der Waals surface area contributed by atoms with Crippen molar-refractivity contribution >= 4 is 5.91 Å². The maximum Gasteiger partial charge on any atom is 0.433 e. The van der Waals surface area contributed by atoms with Crippen LogP contribution in [0.2, 0.25) is 0 Å². The Kier molecular flexibility index (Phi) is 6.01. The highest BCUT2D eigenvalue weighted by atomic mass is 19.4. The summed E-state index contributed by atoms with van der Waals surface area (Å²) in [6.07, 6.45) is -0.948. The quantitative estimate of drug-likeness (QED) is 0.822. The molecule has 1 saturated heterocycles. The number of rotatable bonds is 5. The number of nitrogens with zero attached hydrogens (tertiary/aromatic N) is 3. The lowest BCUT2D eigenvalue weighted by molar-refractivity contribution is -0.141. The Balaban J connectivity index is 2.02. The van der Waals surface area contributed by atoms with Crippen LogP contribution in [-0.2, 0) is 11.0 Å². The van der Waals surface area contributed by atoms with Gasteiger partial charge in [0.2, 0.25) is 5.91 Å². The molecule has 1 aromatic rings. The van der Waals surface area contributed by atoms with Gasteiger partial charge in [-0.1, -0.05) is 13.8 Å². The maximum atomic E-state index is 12.7. The molecule has 2 rings (SSSR count). The van der Waals surface area contributed by atoms with Gasteiger partial charge in [0.25, 0.3) is 0 Å². The van der Waals surface area contributed by atoms with Crippen LogP contribution in [0, 0.1) is 5.92 Å². The van der Waals surface area contributed by atoms with E-state index in [-0.39, 0.29) is 23.9 Å². The zero-order valence-corrected chi connectivity index (χ0v) is 13.8. The van der Waals surface area contributed by atoms with Crippen LogP contribution >= 0.6 is 0 Å². The Labute approximate surface area is 139 Å². The fraction of sp³-hybridized carbons (Fsp3) is 0.688. The molecular weight excluding hydrogens is 323 g/mol. The van der Waals surface area contributed by atoms with E-state index in [0.29, 0.717) is 19.5 Å². The van der Waals surface area contributed by atoms with Crippen LogP contribution in [0.25, 0.3) is 0 Å². The number of carbonyl (C=O) groups is 1. The van der Waals surface area contributed by atoms with Crippen molar-refractivity contribution in [2.75, 3.05) is 13.1 Å². The molecule has 134 valence electrons. The molecule has 0 aromatic carbocycles. The van der Waals surface area contributed by atoms with Crippen molar-refractivity contribution < 1.29 is 22.7 Å². The summed E-state index contributed by atoms with van der Waals surface area (Å²) in [6, 6.07) is 0.503. The number of carbonyl (C=O) groups excluding carboxylic acids is 1. The monoisotopic (exact) mass is 345 g/mol. The Morgan fingerprint density at radius 1 is 1.42 bits per heavy atom. The van der Waals surface area contributed by atoms with E-state index in [1.165, 1.54) is 0 Å². The molecule has 1 aliphatic rings. The summed E-state index contributed by atoms with van der Waals surface area (Å²) < 4.78 is 43.5. The summed E-state index contributed by atoms with van der Waals surface area (Å²) in [4.78, 5) is 21.3. The molecule has 0 aliphatic carbocycles. The van der Waals surface area contributed by atoms with Crippen molar-refractivity contribution in [2.24, 2.45) is 5.92 Å². The topological polar surface area (TPSA) is 55.3 Å². The van der Waals surface area contributed by atoms with Gasteiger partial charge in [-0.05, 0) is 31.7 Å². The zero-order valence-electron chi connectivity index (χ0n) is 13.8. The molecule has 5 nitrogen and oxygen atoms in total. The summed E-state index contributed by atoms with van der Waals surface area (Å²) in [6.45, 7) is 4.95. The normalized spacial score (nSPS) is 18.8. The standard InChI is InChI=1S/C16H22F3N3O2/c1-3-11(4-2)14(23)22-9-5-6-12(10-22)24-15-20-8-7-13(21-15)16(17,18)19/h7-8,11-12H,3-6,9-10H2,1-2H3. The van der Waals surface area contributed by atoms with Gasteiger partial charge in [0, 0.05) is 18.7 Å². The summed E-state index contributed by atoms with van der Waals surface area (Å²) in [5, 5.41) is 0. The van der Waals surface area contributed by atoms with E-state index in [9.17, 15) is 18.0 Å². The number of alkyl halides is 3. The van der Waals surface area contributed by atoms with E-state index in [4.69, 9.17) is 4.74 Å². The van der Waals surface area contributed by atoms with Crippen molar-refractivity contribution in [3.63, 3.8) is 0 Å². The third-order valence-corrected chi connectivity index (χ3v) is 4.22. The first-order chi connectivity index (χ1) is 11.3. The lowest BCUT2D eigenvalue weighted by Crippen LogP contribution is -2.46. The van der Waals surface area contributed by atoms with Gasteiger partial charge in [-0.25, -0.2) is 4.98 Å². The maximum absolute atomic E-state index is 12.7. The Morgan fingerprint density at radius 2 is 2.12 bits per heavy atom. The zero-order chi connectivity index (χ0) is 17.7. The first kappa shape index (κ1) is 18.5. The second kappa shape index (κ2) is 7.81. The molecule has 0 bridgehead atoms. The number of halogens is 3. The Hall–Kier alpha value is -1.86. The van der Waals surface area contributed by atoms with Gasteiger partial charge in [-0.15, -0.1) is 0 Å². The predicted molar refractivity (Wildman–Crippen MR) is 81.3 cm³/mol. The lowest BCUT2D eigenvalue weighted by Gasteiger charge is -2.34. The van der Waals surface area contributed by atoms with E-state index in [0.717, 1.165) is 31.5 Å². The molecule has 1 fully saturated rings. The second-order valence-corrected chi connectivity index (χ2v) is 5.90. The number of piperidine rings is 1. The van der Waals surface area contributed by atoms with Crippen molar-refractivity contribution in [1.29, 1.82) is 0 Å². The minimum Gasteiger partial charge on any atom is -0.458 e. The molecule has 0 radical (unpaired) electrons. The van der Waals surface area contributed by atoms with Crippen LogP contribution in [0.4, 0.5) is 13.2 Å². The molecule has 1 amide bonds. The highest BCUT2D eigenvalue weighted by Gasteiger charge is 2.34. The largest absolute Gasteiger partial charge is 0.458 e. The third-order valence-electron chi connectivity index (χ3n) is 4.22. The Morgan fingerprint density at radius 3 is 2.75 bits per heavy atom. The van der Waals surface area contributed by atoms with Crippen molar-refractivity contribution in [2.45, 2.75) is 51.8 Å². The summed E-state index contributed by atoms with van der Waals surface area (Å²) in [5.74, 6) is 0.0619. The first-order valence-corrected chi connectivity index (χ1v) is 8.20. The number of hydrogen-bond acceptors (Lipinski definition) is 4. The molecule has 0 spiro atoms. The van der Waals surface area contributed by atoms with Crippen LogP contribution in [0.5, 0.6) is 6.01 Å². The lowest BCUT2D eigenvalue weighted by atomic mass is 9.99. The van der Waals surface area contributed by atoms with Crippen LogP contribution in [0.1, 0.15) is 45.2 Å². The van der Waals surface area contributed by atoms with Gasteiger partial charge in [-0.3, -0.25) is 4.79 Å². The van der Waals surface area contributed by atoms with Gasteiger partial charge < -0.3 is 9.64 Å². The van der Waals surface area contributed by atoms with Crippen LogP contribution < -0.4 is 4.74 Å². The molecule has 1 atom stereocenters. The highest BCUT2D eigenvalue weighted by Crippen LogP contribution is 2.28. The fourth-order valence-corrected chi connectivity index (χ4v) is 2.84. The van der Waals surface area contributed by atoms with Gasteiger partial charge >= 0.3 is 12.2 Å². The highest BCUT2D eigenvalue weighted by molar-refractivity contribution is 5.78. The van der Waals surface area contributed by atoms with Gasteiger partial charge in [0.15, 0.2) is 5.69 Å². The minimum atomic E-state index is -4.54. The summed E-state index contributed by atoms with van der Waals surface area (Å²) in [5.41, 5.74) is -1.03. The molecule has 1 unspecified atom stereocenters. The number of ether oxygens (including phenoxy) is 1. The van der Waals surface area contributed by atoms with Gasteiger partial charge in [0.1, 0.15) is 6.10 Å². The van der Waals surface area contributed by atoms with Gasteiger partial charge in [-0.2, -0.15) is 18.2 Å². The molecule has 1 aliphatic heterocycles. The molecule has 8 heteroatoms. The average molecular weight is 345 g/mol. The minimum absolute atomic E-state index is 0.0199. The van der Waals surface area contributed by atoms with Gasteiger partial charge in [0.05, 0.1) is 6.54 Å². The van der Waals surface area contributed by atoms with Crippen molar-refractivity contribution in [3.05, 3.63) is 18.0 Å². The predicted octanol–water partition coefficient (Wildman–Crippen LogP) is 3.30. The molecule has 24 heavy (non-hydrogen) atoms. The van der Waals surface area contributed by atoms with Crippen molar-refractivity contribution in [3.8, 4) is 6.01 Å². The van der Waals surface area contributed by atoms with E-state index in [1.54, 1.807) is 4.90 Å².